The van der Waals surface area contributed by atoms with Crippen molar-refractivity contribution in [2.45, 2.75) is 0 Å². The number of hydrogen-bond acceptors (Lipinski definition) is 5. The summed E-state index contributed by atoms with van der Waals surface area (Å²) in [5.41, 5.74) is 7.16. The molecule has 0 amide bonds. The number of hydrogen-bond donors (Lipinski definition) is 1. The van der Waals surface area contributed by atoms with Crippen LogP contribution in [0.5, 0.6) is 0 Å². The van der Waals surface area contributed by atoms with Crippen molar-refractivity contribution in [3.8, 4) is 18.2 Å². The molecule has 0 saturated heterocycles. The van der Waals surface area contributed by atoms with Gasteiger partial charge in [0.1, 0.15) is 18.2 Å². The molecule has 5 heteroatoms. The number of nitriles is 3. The first-order chi connectivity index (χ1) is 10.6. The summed E-state index contributed by atoms with van der Waals surface area (Å²) in [6, 6.07) is 12.7. The molecule has 22 heavy (non-hydrogen) atoms. The van der Waals surface area contributed by atoms with Crippen molar-refractivity contribution in [2.75, 3.05) is 18.5 Å². The van der Waals surface area contributed by atoms with Crippen molar-refractivity contribution in [1.29, 1.82) is 15.8 Å². The number of allylic oxidation sites excluding steroid dienone is 2. The van der Waals surface area contributed by atoms with E-state index in [1.807, 2.05) is 42.3 Å². The van der Waals surface area contributed by atoms with Crippen molar-refractivity contribution >= 4 is 11.8 Å². The second-order valence-electron chi connectivity index (χ2n) is 4.44. The number of nitrogens with two attached hydrogens (primary N) is 1. The first kappa shape index (κ1) is 16.6. The van der Waals surface area contributed by atoms with Gasteiger partial charge in [0.2, 0.25) is 0 Å². The zero-order valence-corrected chi connectivity index (χ0v) is 12.2. The summed E-state index contributed by atoms with van der Waals surface area (Å²) in [5, 5.41) is 26.7. The molecule has 0 heterocycles. The SMILES string of the molecule is C=CCN(C)c1ccc(/C=C(\C#N)C(N)=C(C#N)C#N)cc1. The Morgan fingerprint density at radius 3 is 2.23 bits per heavy atom. The van der Waals surface area contributed by atoms with E-state index in [0.29, 0.717) is 0 Å². The monoisotopic (exact) mass is 289 g/mol. The zero-order valence-electron chi connectivity index (χ0n) is 12.2. The van der Waals surface area contributed by atoms with E-state index in [0.717, 1.165) is 17.8 Å². The average Bonchev–Trinajstić information content (AvgIpc) is 2.54. The topological polar surface area (TPSA) is 101 Å². The van der Waals surface area contributed by atoms with Crippen LogP contribution in [0.15, 0.2) is 53.8 Å². The molecule has 5 nitrogen and oxygen atoms in total. The Hall–Kier alpha value is -3.49. The largest absolute Gasteiger partial charge is 0.396 e. The Bertz CT molecular complexity index is 717. The molecule has 0 aromatic heterocycles. The third kappa shape index (κ3) is 4.00. The standard InChI is InChI=1S/C17H15N5/c1-3-8-22(2)16-6-4-13(5-7-16)9-14(10-18)17(21)15(11-19)12-20/h3-7,9H,1,8,21H2,2H3/b14-9+. The minimum absolute atomic E-state index is 0.0882. The molecule has 1 rings (SSSR count). The minimum Gasteiger partial charge on any atom is -0.396 e. The van der Waals surface area contributed by atoms with Crippen molar-refractivity contribution in [3.63, 3.8) is 0 Å². The number of likely N-dealkylation sites (N-methyl/N-ethyl adjacent to an activating group) is 1. The van der Waals surface area contributed by atoms with E-state index in [1.165, 1.54) is 0 Å². The van der Waals surface area contributed by atoms with Crippen LogP contribution in [0.4, 0.5) is 5.69 Å². The molecular formula is C17H15N5. The van der Waals surface area contributed by atoms with Crippen LogP contribution in [0, 0.1) is 34.0 Å². The van der Waals surface area contributed by atoms with Gasteiger partial charge in [0.25, 0.3) is 0 Å². The first-order valence-electron chi connectivity index (χ1n) is 6.41. The van der Waals surface area contributed by atoms with Crippen LogP contribution in [0.25, 0.3) is 6.08 Å². The summed E-state index contributed by atoms with van der Waals surface area (Å²) in [4.78, 5) is 2.02. The summed E-state index contributed by atoms with van der Waals surface area (Å²) in [5.74, 6) is 0. The zero-order chi connectivity index (χ0) is 16.5. The third-order valence-corrected chi connectivity index (χ3v) is 2.95. The number of nitrogens with zero attached hydrogens (tertiary/aromatic N) is 4. The Morgan fingerprint density at radius 2 is 1.77 bits per heavy atom. The predicted molar refractivity (Wildman–Crippen MR) is 85.9 cm³/mol. The average molecular weight is 289 g/mol. The van der Waals surface area contributed by atoms with Gasteiger partial charge in [-0.3, -0.25) is 0 Å². The molecule has 1 aromatic rings. The third-order valence-electron chi connectivity index (χ3n) is 2.95. The number of benzene rings is 1. The molecule has 0 saturated carbocycles. The summed E-state index contributed by atoms with van der Waals surface area (Å²) in [6.45, 7) is 4.41. The van der Waals surface area contributed by atoms with E-state index in [4.69, 9.17) is 21.5 Å². The lowest BCUT2D eigenvalue weighted by molar-refractivity contribution is 1.03. The van der Waals surface area contributed by atoms with Crippen LogP contribution < -0.4 is 10.6 Å². The Labute approximate surface area is 130 Å². The normalized spacial score (nSPS) is 9.82. The fourth-order valence-electron chi connectivity index (χ4n) is 1.74. The molecule has 0 bridgehead atoms. The van der Waals surface area contributed by atoms with Crippen molar-refractivity contribution in [3.05, 3.63) is 59.3 Å². The summed E-state index contributed by atoms with van der Waals surface area (Å²) < 4.78 is 0. The molecular weight excluding hydrogens is 274 g/mol. The van der Waals surface area contributed by atoms with Gasteiger partial charge in [0, 0.05) is 19.3 Å². The van der Waals surface area contributed by atoms with Crippen molar-refractivity contribution in [2.24, 2.45) is 5.73 Å². The smallest absolute Gasteiger partial charge is 0.153 e. The van der Waals surface area contributed by atoms with E-state index in [2.05, 4.69) is 6.58 Å². The molecule has 108 valence electrons. The molecule has 0 unspecified atom stereocenters. The number of rotatable bonds is 5. The highest BCUT2D eigenvalue weighted by molar-refractivity contribution is 5.67. The van der Waals surface area contributed by atoms with Crippen LogP contribution in [0.1, 0.15) is 5.56 Å². The fourth-order valence-corrected chi connectivity index (χ4v) is 1.74. The molecule has 1 aromatic carbocycles. The molecule has 0 spiro atoms. The summed E-state index contributed by atoms with van der Waals surface area (Å²) in [6.07, 6.45) is 3.35. The number of anilines is 1. The van der Waals surface area contributed by atoms with Gasteiger partial charge in [-0.2, -0.15) is 15.8 Å². The maximum Gasteiger partial charge on any atom is 0.153 e. The molecule has 2 N–H and O–H groups in total. The lowest BCUT2D eigenvalue weighted by Gasteiger charge is -2.16. The highest BCUT2D eigenvalue weighted by Gasteiger charge is 2.08. The van der Waals surface area contributed by atoms with Crippen LogP contribution >= 0.6 is 0 Å². The fraction of sp³-hybridized carbons (Fsp3) is 0.118. The van der Waals surface area contributed by atoms with Gasteiger partial charge >= 0.3 is 0 Å². The van der Waals surface area contributed by atoms with Gasteiger partial charge in [0.15, 0.2) is 5.57 Å². The van der Waals surface area contributed by atoms with E-state index >= 15 is 0 Å². The molecule has 0 fully saturated rings. The molecule has 0 aliphatic rings. The van der Waals surface area contributed by atoms with Gasteiger partial charge in [-0.25, -0.2) is 0 Å². The Kier molecular flexibility index (Phi) is 5.98. The van der Waals surface area contributed by atoms with Crippen LogP contribution in [0.2, 0.25) is 0 Å². The predicted octanol–water partition coefficient (Wildman–Crippen LogP) is 2.48. The van der Waals surface area contributed by atoms with Gasteiger partial charge < -0.3 is 10.6 Å². The van der Waals surface area contributed by atoms with Crippen LogP contribution in [-0.4, -0.2) is 13.6 Å². The highest BCUT2D eigenvalue weighted by Crippen LogP contribution is 2.18. The minimum atomic E-state index is -0.268. The van der Waals surface area contributed by atoms with Crippen molar-refractivity contribution in [1.82, 2.24) is 0 Å². The van der Waals surface area contributed by atoms with Gasteiger partial charge in [-0.1, -0.05) is 18.2 Å². The Morgan fingerprint density at radius 1 is 1.18 bits per heavy atom. The molecule has 0 radical (unpaired) electrons. The summed E-state index contributed by atoms with van der Waals surface area (Å²) >= 11 is 0. The molecule has 0 atom stereocenters. The van der Waals surface area contributed by atoms with Gasteiger partial charge in [-0.15, -0.1) is 6.58 Å². The second-order valence-corrected chi connectivity index (χ2v) is 4.44. The van der Waals surface area contributed by atoms with E-state index in [-0.39, 0.29) is 16.8 Å². The van der Waals surface area contributed by atoms with Crippen LogP contribution in [-0.2, 0) is 0 Å². The summed E-state index contributed by atoms with van der Waals surface area (Å²) in [7, 11) is 1.94. The van der Waals surface area contributed by atoms with E-state index in [9.17, 15) is 0 Å². The van der Waals surface area contributed by atoms with Gasteiger partial charge in [0.05, 0.1) is 11.3 Å². The lowest BCUT2D eigenvalue weighted by atomic mass is 10.1. The molecule has 0 aliphatic heterocycles. The van der Waals surface area contributed by atoms with Crippen molar-refractivity contribution < 1.29 is 0 Å². The highest BCUT2D eigenvalue weighted by atomic mass is 15.1. The maximum atomic E-state index is 9.14. The first-order valence-corrected chi connectivity index (χ1v) is 6.41. The Balaban J connectivity index is 3.14. The lowest BCUT2D eigenvalue weighted by Crippen LogP contribution is -2.16. The van der Waals surface area contributed by atoms with Crippen LogP contribution in [0.3, 0.4) is 0 Å². The maximum absolute atomic E-state index is 9.14. The second kappa shape index (κ2) is 7.94. The molecule has 0 aliphatic carbocycles. The van der Waals surface area contributed by atoms with Gasteiger partial charge in [-0.05, 0) is 23.8 Å². The quantitative estimate of drug-likeness (QED) is 0.510. The van der Waals surface area contributed by atoms with E-state index < -0.39 is 0 Å². The van der Waals surface area contributed by atoms with E-state index in [1.54, 1.807) is 24.3 Å².